The van der Waals surface area contributed by atoms with Gasteiger partial charge in [0, 0.05) is 31.9 Å². The van der Waals surface area contributed by atoms with Crippen molar-refractivity contribution < 1.29 is 0 Å². The average Bonchev–Trinajstić information content (AvgIpc) is 2.88. The van der Waals surface area contributed by atoms with Crippen LogP contribution in [0.5, 0.6) is 0 Å². The Kier molecular flexibility index (Phi) is 5.92. The van der Waals surface area contributed by atoms with Crippen LogP contribution in [0.4, 0.5) is 0 Å². The number of benzene rings is 1. The molecule has 0 bridgehead atoms. The van der Waals surface area contributed by atoms with Crippen molar-refractivity contribution in [1.29, 1.82) is 0 Å². The van der Waals surface area contributed by atoms with Gasteiger partial charge in [-0.1, -0.05) is 24.3 Å². The second kappa shape index (κ2) is 8.15. The maximum absolute atomic E-state index is 4.46. The summed E-state index contributed by atoms with van der Waals surface area (Å²) >= 11 is 0. The average molecular weight is 341 g/mol. The monoisotopic (exact) mass is 340 g/mol. The van der Waals surface area contributed by atoms with Crippen molar-refractivity contribution in [3.8, 4) is 0 Å². The third-order valence-corrected chi connectivity index (χ3v) is 5.26. The second-order valence-corrected chi connectivity index (χ2v) is 7.89. The van der Waals surface area contributed by atoms with Crippen LogP contribution >= 0.6 is 0 Å². The summed E-state index contributed by atoms with van der Waals surface area (Å²) in [5.41, 5.74) is 5.43. The van der Waals surface area contributed by atoms with Crippen LogP contribution in [-0.2, 0) is 26.6 Å². The summed E-state index contributed by atoms with van der Waals surface area (Å²) in [4.78, 5) is 4.80. The van der Waals surface area contributed by atoms with E-state index in [0.717, 1.165) is 19.0 Å². The van der Waals surface area contributed by atoms with Gasteiger partial charge in [-0.2, -0.15) is 5.10 Å². The van der Waals surface area contributed by atoms with Crippen LogP contribution in [0.2, 0.25) is 0 Å². The molecule has 2 heterocycles. The molecule has 25 heavy (non-hydrogen) atoms. The lowest BCUT2D eigenvalue weighted by Crippen LogP contribution is -2.33. The molecule has 0 amide bonds. The van der Waals surface area contributed by atoms with Gasteiger partial charge in [0.05, 0.1) is 5.69 Å². The Morgan fingerprint density at radius 2 is 1.72 bits per heavy atom. The molecule has 0 saturated carbocycles. The lowest BCUT2D eigenvalue weighted by Gasteiger charge is -2.32. The van der Waals surface area contributed by atoms with Gasteiger partial charge in [0.25, 0.3) is 0 Å². The molecule has 1 aliphatic heterocycles. The van der Waals surface area contributed by atoms with E-state index in [2.05, 4.69) is 66.4 Å². The van der Waals surface area contributed by atoms with Crippen molar-refractivity contribution in [3.63, 3.8) is 0 Å². The van der Waals surface area contributed by atoms with Gasteiger partial charge >= 0.3 is 0 Å². The highest BCUT2D eigenvalue weighted by Gasteiger charge is 2.20. The molecule has 0 aliphatic carbocycles. The molecule has 1 aromatic carbocycles. The molecule has 1 aliphatic rings. The minimum atomic E-state index is 0.825. The molecule has 0 atom stereocenters. The third kappa shape index (κ3) is 5.16. The van der Waals surface area contributed by atoms with E-state index in [9.17, 15) is 0 Å². The number of likely N-dealkylation sites (tertiary alicyclic amines) is 1. The maximum atomic E-state index is 4.46. The third-order valence-electron chi connectivity index (χ3n) is 5.26. The fraction of sp³-hybridized carbons (Fsp3) is 0.571. The molecule has 0 N–H and O–H groups in total. The highest BCUT2D eigenvalue weighted by Crippen LogP contribution is 2.23. The quantitative estimate of drug-likeness (QED) is 0.807. The molecule has 3 rings (SSSR count). The molecule has 2 aromatic rings. The Morgan fingerprint density at radius 1 is 1.08 bits per heavy atom. The standard InChI is InChI=1S/C21H32N4/c1-17-21(15-24(4)22-17)16-25-11-9-19(10-12-25)13-18-5-7-20(8-6-18)14-23(2)3/h5-8,15,19H,9-14,16H2,1-4H3. The predicted molar refractivity (Wildman–Crippen MR) is 103 cm³/mol. The summed E-state index contributed by atoms with van der Waals surface area (Å²) in [5, 5.41) is 4.46. The van der Waals surface area contributed by atoms with Crippen LogP contribution in [0.25, 0.3) is 0 Å². The van der Waals surface area contributed by atoms with Gasteiger partial charge < -0.3 is 4.90 Å². The van der Waals surface area contributed by atoms with E-state index in [4.69, 9.17) is 0 Å². The summed E-state index contributed by atoms with van der Waals surface area (Å²) in [6.45, 7) is 6.59. The number of nitrogens with zero attached hydrogens (tertiary/aromatic N) is 4. The molecule has 136 valence electrons. The number of hydrogen-bond acceptors (Lipinski definition) is 3. The van der Waals surface area contributed by atoms with Gasteiger partial charge in [-0.25, -0.2) is 0 Å². The smallest absolute Gasteiger partial charge is 0.0638 e. The summed E-state index contributed by atoms with van der Waals surface area (Å²) in [6.07, 6.45) is 6.00. The van der Waals surface area contributed by atoms with Gasteiger partial charge in [-0.15, -0.1) is 0 Å². The summed E-state index contributed by atoms with van der Waals surface area (Å²) in [7, 11) is 6.25. The van der Waals surface area contributed by atoms with Gasteiger partial charge in [0.1, 0.15) is 0 Å². The van der Waals surface area contributed by atoms with E-state index >= 15 is 0 Å². The molecule has 4 heteroatoms. The summed E-state index contributed by atoms with van der Waals surface area (Å²) in [5.74, 6) is 0.825. The molecule has 1 aromatic heterocycles. The van der Waals surface area contributed by atoms with Gasteiger partial charge in [0.15, 0.2) is 0 Å². The molecule has 0 spiro atoms. The topological polar surface area (TPSA) is 24.3 Å². The van der Waals surface area contributed by atoms with Gasteiger partial charge in [0.2, 0.25) is 0 Å². The molecule has 4 nitrogen and oxygen atoms in total. The van der Waals surface area contributed by atoms with Crippen molar-refractivity contribution in [2.75, 3.05) is 27.2 Å². The van der Waals surface area contributed by atoms with E-state index in [1.165, 1.54) is 54.7 Å². The van der Waals surface area contributed by atoms with Gasteiger partial charge in [-0.3, -0.25) is 9.58 Å². The number of hydrogen-bond donors (Lipinski definition) is 0. The first-order chi connectivity index (χ1) is 12.0. The van der Waals surface area contributed by atoms with Crippen LogP contribution in [0, 0.1) is 12.8 Å². The first-order valence-corrected chi connectivity index (χ1v) is 9.43. The fourth-order valence-electron chi connectivity index (χ4n) is 3.87. The normalized spacial score (nSPS) is 16.7. The van der Waals surface area contributed by atoms with E-state index < -0.39 is 0 Å². The molecular formula is C21H32N4. The summed E-state index contributed by atoms with van der Waals surface area (Å²) in [6, 6.07) is 9.22. The van der Waals surface area contributed by atoms with Crippen LogP contribution in [0.3, 0.4) is 0 Å². The van der Waals surface area contributed by atoms with Crippen LogP contribution in [0.15, 0.2) is 30.5 Å². The van der Waals surface area contributed by atoms with Crippen molar-refractivity contribution in [3.05, 3.63) is 52.8 Å². The Morgan fingerprint density at radius 3 is 2.28 bits per heavy atom. The Balaban J connectivity index is 1.46. The van der Waals surface area contributed by atoms with Crippen molar-refractivity contribution in [1.82, 2.24) is 19.6 Å². The zero-order valence-corrected chi connectivity index (χ0v) is 16.2. The van der Waals surface area contributed by atoms with Gasteiger partial charge in [-0.05, 0) is 70.4 Å². The summed E-state index contributed by atoms with van der Waals surface area (Å²) < 4.78 is 1.93. The Hall–Kier alpha value is -1.65. The Labute approximate surface area is 152 Å². The minimum Gasteiger partial charge on any atom is -0.305 e. The zero-order valence-electron chi connectivity index (χ0n) is 16.2. The molecule has 0 radical (unpaired) electrons. The number of piperidine rings is 1. The highest BCUT2D eigenvalue weighted by molar-refractivity contribution is 5.23. The predicted octanol–water partition coefficient (Wildman–Crippen LogP) is 3.24. The molecular weight excluding hydrogens is 308 g/mol. The first kappa shape index (κ1) is 18.2. The zero-order chi connectivity index (χ0) is 17.8. The number of aromatic nitrogens is 2. The van der Waals surface area contributed by atoms with Crippen LogP contribution in [0.1, 0.15) is 35.2 Å². The number of aryl methyl sites for hydroxylation is 2. The molecule has 0 unspecified atom stereocenters. The SMILES string of the molecule is Cc1nn(C)cc1CN1CCC(Cc2ccc(CN(C)C)cc2)CC1. The van der Waals surface area contributed by atoms with Crippen LogP contribution < -0.4 is 0 Å². The van der Waals surface area contributed by atoms with E-state index in [-0.39, 0.29) is 0 Å². The van der Waals surface area contributed by atoms with Crippen molar-refractivity contribution in [2.45, 2.75) is 39.3 Å². The fourth-order valence-corrected chi connectivity index (χ4v) is 3.87. The Bertz CT molecular complexity index is 664. The number of rotatable bonds is 6. The van der Waals surface area contributed by atoms with Crippen molar-refractivity contribution in [2.24, 2.45) is 13.0 Å². The minimum absolute atomic E-state index is 0.825. The van der Waals surface area contributed by atoms with Crippen molar-refractivity contribution >= 4 is 0 Å². The van der Waals surface area contributed by atoms with Crippen LogP contribution in [-0.4, -0.2) is 46.8 Å². The largest absolute Gasteiger partial charge is 0.305 e. The molecule has 1 fully saturated rings. The lowest BCUT2D eigenvalue weighted by molar-refractivity contribution is 0.177. The lowest BCUT2D eigenvalue weighted by atomic mass is 9.90. The second-order valence-electron chi connectivity index (χ2n) is 7.89. The molecule has 1 saturated heterocycles. The van der Waals surface area contributed by atoms with E-state index in [1.54, 1.807) is 0 Å². The maximum Gasteiger partial charge on any atom is 0.0638 e. The van der Waals surface area contributed by atoms with E-state index in [1.807, 2.05) is 11.7 Å². The highest BCUT2D eigenvalue weighted by atomic mass is 15.3. The first-order valence-electron chi connectivity index (χ1n) is 9.43. The van der Waals surface area contributed by atoms with E-state index in [0.29, 0.717) is 0 Å².